The Morgan fingerprint density at radius 3 is 1.90 bits per heavy atom. The van der Waals surface area contributed by atoms with Crippen LogP contribution in [0.2, 0.25) is 0 Å². The molecular formula is C24H25NO4Si. The number of hydrogen-bond donors (Lipinski definition) is 0. The highest BCUT2D eigenvalue weighted by Crippen LogP contribution is 2.15. The Morgan fingerprint density at radius 1 is 0.900 bits per heavy atom. The van der Waals surface area contributed by atoms with Crippen LogP contribution in [0.1, 0.15) is 12.5 Å². The van der Waals surface area contributed by atoms with E-state index in [1.165, 1.54) is 0 Å². The molecule has 0 saturated carbocycles. The van der Waals surface area contributed by atoms with Crippen LogP contribution in [0.5, 0.6) is 0 Å². The summed E-state index contributed by atoms with van der Waals surface area (Å²) in [6.45, 7) is 1.67. The Bertz CT molecular complexity index is 909. The van der Waals surface area contributed by atoms with Crippen molar-refractivity contribution in [3.8, 4) is 0 Å². The first kappa shape index (κ1) is 21.6. The van der Waals surface area contributed by atoms with Gasteiger partial charge < -0.3 is 8.85 Å². The van der Waals surface area contributed by atoms with E-state index in [0.29, 0.717) is 0 Å². The highest BCUT2D eigenvalue weighted by molar-refractivity contribution is 6.92. The minimum Gasteiger partial charge on any atom is -0.381 e. The van der Waals surface area contributed by atoms with Crippen molar-refractivity contribution in [2.75, 3.05) is 13.2 Å². The van der Waals surface area contributed by atoms with Crippen molar-refractivity contribution in [1.29, 1.82) is 0 Å². The fourth-order valence-corrected chi connectivity index (χ4v) is 6.44. The fourth-order valence-electron chi connectivity index (χ4n) is 3.19. The molecule has 0 N–H and O–H groups in total. The number of hydrogen-bond acceptors (Lipinski definition) is 4. The molecule has 0 aliphatic heterocycles. The number of rotatable bonds is 10. The van der Waals surface area contributed by atoms with Crippen molar-refractivity contribution in [2.24, 2.45) is 0 Å². The first-order valence-electron chi connectivity index (χ1n) is 9.88. The number of nitrogens with zero attached hydrogens (tertiary/aromatic N) is 1. The molecule has 154 valence electrons. The van der Waals surface area contributed by atoms with Gasteiger partial charge in [-0.2, -0.15) is 0 Å². The van der Waals surface area contributed by atoms with E-state index in [4.69, 9.17) is 8.85 Å². The van der Waals surface area contributed by atoms with Gasteiger partial charge in [0.05, 0.1) is 6.10 Å². The zero-order valence-corrected chi connectivity index (χ0v) is 17.9. The van der Waals surface area contributed by atoms with Gasteiger partial charge in [0.1, 0.15) is 6.61 Å². The molecule has 0 fully saturated rings. The first-order chi connectivity index (χ1) is 14.6. The van der Waals surface area contributed by atoms with E-state index in [9.17, 15) is 10.1 Å². The maximum atomic E-state index is 10.9. The lowest BCUT2D eigenvalue weighted by molar-refractivity contribution is -0.482. The van der Waals surface area contributed by atoms with Gasteiger partial charge in [0, 0.05) is 4.92 Å². The van der Waals surface area contributed by atoms with Crippen molar-refractivity contribution < 1.29 is 13.8 Å². The van der Waals surface area contributed by atoms with E-state index < -0.39 is 8.56 Å². The van der Waals surface area contributed by atoms with Crippen molar-refractivity contribution in [3.05, 3.63) is 113 Å². The molecule has 0 amide bonds. The lowest BCUT2D eigenvalue weighted by Gasteiger charge is -2.33. The third-order valence-electron chi connectivity index (χ3n) is 4.60. The summed E-state index contributed by atoms with van der Waals surface area (Å²) in [6.07, 6.45) is 3.74. The monoisotopic (exact) mass is 419 g/mol. The Labute approximate surface area is 178 Å². The summed E-state index contributed by atoms with van der Waals surface area (Å²) in [5.41, 5.74) is 1.08. The number of benzene rings is 3. The predicted octanol–water partition coefficient (Wildman–Crippen LogP) is 3.65. The third-order valence-corrected chi connectivity index (χ3v) is 8.10. The van der Waals surface area contributed by atoms with Crippen LogP contribution in [0.25, 0.3) is 6.08 Å². The largest absolute Gasteiger partial charge is 0.407 e. The average Bonchev–Trinajstić information content (AvgIpc) is 2.78. The summed E-state index contributed by atoms with van der Waals surface area (Å²) in [7, 11) is -3.17. The molecule has 0 aromatic heterocycles. The average molecular weight is 420 g/mol. The van der Waals surface area contributed by atoms with Gasteiger partial charge in [-0.05, 0) is 22.9 Å². The standard InChI is InChI=1S/C24H25NO4Si/c1-21(17-18-22-11-5-2-6-12-22)29-30(28-20-19-25(26)27,23-13-7-3-8-14-23)24-15-9-4-10-16-24/h2-18,21H,19-20H2,1H3/b18-17-. The van der Waals surface area contributed by atoms with Crippen molar-refractivity contribution in [1.82, 2.24) is 0 Å². The molecule has 0 radical (unpaired) electrons. The molecule has 1 unspecified atom stereocenters. The van der Waals surface area contributed by atoms with Crippen LogP contribution in [0.3, 0.4) is 0 Å². The van der Waals surface area contributed by atoms with Crippen LogP contribution in [-0.2, 0) is 8.85 Å². The molecule has 0 saturated heterocycles. The molecule has 5 nitrogen and oxygen atoms in total. The third kappa shape index (κ3) is 5.73. The van der Waals surface area contributed by atoms with Crippen LogP contribution >= 0.6 is 0 Å². The zero-order valence-electron chi connectivity index (χ0n) is 16.9. The van der Waals surface area contributed by atoms with E-state index in [2.05, 4.69) is 0 Å². The molecule has 3 aromatic carbocycles. The molecule has 3 aromatic rings. The Kier molecular flexibility index (Phi) is 7.67. The molecule has 30 heavy (non-hydrogen) atoms. The maximum Gasteiger partial charge on any atom is 0.407 e. The molecule has 0 heterocycles. The van der Waals surface area contributed by atoms with E-state index in [-0.39, 0.29) is 24.2 Å². The van der Waals surface area contributed by atoms with E-state index in [1.54, 1.807) is 0 Å². The summed E-state index contributed by atoms with van der Waals surface area (Å²) in [6, 6.07) is 29.5. The minimum atomic E-state index is -3.17. The molecular weight excluding hydrogens is 394 g/mol. The van der Waals surface area contributed by atoms with Gasteiger partial charge in [-0.25, -0.2) is 0 Å². The van der Waals surface area contributed by atoms with Gasteiger partial charge in [-0.3, -0.25) is 10.1 Å². The van der Waals surface area contributed by atoms with Crippen LogP contribution < -0.4 is 10.4 Å². The van der Waals surface area contributed by atoms with E-state index >= 15 is 0 Å². The zero-order chi connectivity index (χ0) is 21.2. The second kappa shape index (κ2) is 10.6. The molecule has 0 bridgehead atoms. The van der Waals surface area contributed by atoms with Crippen LogP contribution in [0, 0.1) is 10.1 Å². The quantitative estimate of drug-likeness (QED) is 0.286. The van der Waals surface area contributed by atoms with Crippen molar-refractivity contribution in [2.45, 2.75) is 13.0 Å². The Balaban J connectivity index is 1.96. The summed E-state index contributed by atoms with van der Waals surface area (Å²) in [5, 5.41) is 12.8. The normalized spacial score (nSPS) is 12.7. The van der Waals surface area contributed by atoms with E-state index in [1.807, 2.05) is 110 Å². The fraction of sp³-hybridized carbons (Fsp3) is 0.167. The lowest BCUT2D eigenvalue weighted by Crippen LogP contribution is -2.64. The van der Waals surface area contributed by atoms with Gasteiger partial charge in [0.2, 0.25) is 6.54 Å². The van der Waals surface area contributed by atoms with Crippen molar-refractivity contribution in [3.63, 3.8) is 0 Å². The number of nitro groups is 1. The second-order valence-electron chi connectivity index (χ2n) is 6.85. The summed E-state index contributed by atoms with van der Waals surface area (Å²) in [4.78, 5) is 10.6. The maximum absolute atomic E-state index is 10.9. The molecule has 0 aliphatic carbocycles. The van der Waals surface area contributed by atoms with Crippen LogP contribution in [0.4, 0.5) is 0 Å². The molecule has 1 atom stereocenters. The molecule has 0 aliphatic rings. The van der Waals surface area contributed by atoms with E-state index in [0.717, 1.165) is 15.9 Å². The van der Waals surface area contributed by atoms with Gasteiger partial charge in [0.25, 0.3) is 0 Å². The second-order valence-corrected chi connectivity index (χ2v) is 9.76. The van der Waals surface area contributed by atoms with Gasteiger partial charge in [0.15, 0.2) is 0 Å². The minimum absolute atomic E-state index is 0.0157. The van der Waals surface area contributed by atoms with Gasteiger partial charge in [-0.15, -0.1) is 0 Å². The first-order valence-corrected chi connectivity index (χ1v) is 11.7. The van der Waals surface area contributed by atoms with Crippen LogP contribution in [0.15, 0.2) is 97.1 Å². The van der Waals surface area contributed by atoms with Gasteiger partial charge in [-0.1, -0.05) is 103 Å². The summed E-state index contributed by atoms with van der Waals surface area (Å²) < 4.78 is 12.9. The highest BCUT2D eigenvalue weighted by atomic mass is 28.4. The topological polar surface area (TPSA) is 61.6 Å². The molecule has 6 heteroatoms. The SMILES string of the molecule is CC(/C=C\c1ccccc1)O[Si](OCC[N+](=O)[O-])(c1ccccc1)c1ccccc1. The summed E-state index contributed by atoms with van der Waals surface area (Å²) in [5.74, 6) is 0. The van der Waals surface area contributed by atoms with Gasteiger partial charge >= 0.3 is 8.56 Å². The smallest absolute Gasteiger partial charge is 0.381 e. The summed E-state index contributed by atoms with van der Waals surface area (Å²) >= 11 is 0. The van der Waals surface area contributed by atoms with Crippen molar-refractivity contribution >= 4 is 25.0 Å². The Morgan fingerprint density at radius 2 is 1.40 bits per heavy atom. The predicted molar refractivity (Wildman–Crippen MR) is 122 cm³/mol. The molecule has 3 rings (SSSR count). The Hall–Kier alpha value is -3.06. The highest BCUT2D eigenvalue weighted by Gasteiger charge is 2.44. The lowest BCUT2D eigenvalue weighted by atomic mass is 10.2. The molecule has 0 spiro atoms. The van der Waals surface area contributed by atoms with Crippen LogP contribution in [-0.4, -0.2) is 32.7 Å².